The van der Waals surface area contributed by atoms with Crippen LogP contribution in [-0.2, 0) is 0 Å². The Hall–Kier alpha value is -1.68. The molecule has 0 unspecified atom stereocenters. The maximum absolute atomic E-state index is 11.3. The molecule has 0 saturated heterocycles. The Morgan fingerprint density at radius 3 is 2.59 bits per heavy atom. The zero-order valence-corrected chi connectivity index (χ0v) is 10.6. The fraction of sp³-hybridized carbons (Fsp3) is 0.250. The first-order valence-electron chi connectivity index (χ1n) is 5.20. The van der Waals surface area contributed by atoms with E-state index in [9.17, 15) is 4.79 Å². The fourth-order valence-corrected chi connectivity index (χ4v) is 1.97. The maximum Gasteiger partial charge on any atom is 0.181 e. The van der Waals surface area contributed by atoms with Crippen molar-refractivity contribution < 1.29 is 4.79 Å². The summed E-state index contributed by atoms with van der Waals surface area (Å²) in [5, 5.41) is 8.56. The minimum Gasteiger partial charge on any atom is -0.293 e. The van der Waals surface area contributed by atoms with Crippen LogP contribution < -0.4 is 0 Å². The highest BCUT2D eigenvalue weighted by molar-refractivity contribution is 6.30. The molecule has 0 amide bonds. The smallest absolute Gasteiger partial charge is 0.181 e. The van der Waals surface area contributed by atoms with E-state index in [0.29, 0.717) is 10.7 Å². The van der Waals surface area contributed by atoms with E-state index in [4.69, 9.17) is 11.6 Å². The lowest BCUT2D eigenvalue weighted by Gasteiger charge is -2.07. The summed E-state index contributed by atoms with van der Waals surface area (Å²) >= 11 is 5.90. The molecule has 0 spiro atoms. The third-order valence-electron chi connectivity index (χ3n) is 2.62. The molecule has 88 valence electrons. The van der Waals surface area contributed by atoms with Crippen LogP contribution in [0.3, 0.4) is 0 Å². The summed E-state index contributed by atoms with van der Waals surface area (Å²) < 4.78 is 1.66. The molecule has 0 fully saturated rings. The summed E-state index contributed by atoms with van der Waals surface area (Å²) in [6, 6.07) is 5.51. The third-order valence-corrected chi connectivity index (χ3v) is 2.85. The van der Waals surface area contributed by atoms with Crippen molar-refractivity contribution in [2.45, 2.75) is 20.8 Å². The predicted octanol–water partition coefficient (Wildman–Crippen LogP) is 2.74. The number of carbonyl (C=O) groups is 1. The lowest BCUT2D eigenvalue weighted by molar-refractivity contribution is 0.101. The molecule has 0 saturated carbocycles. The number of ketones is 1. The van der Waals surface area contributed by atoms with E-state index in [2.05, 4.69) is 10.3 Å². The van der Waals surface area contributed by atoms with Gasteiger partial charge in [-0.25, -0.2) is 4.68 Å². The van der Waals surface area contributed by atoms with Crippen molar-refractivity contribution in [3.8, 4) is 5.69 Å². The zero-order valence-electron chi connectivity index (χ0n) is 9.86. The van der Waals surface area contributed by atoms with Gasteiger partial charge in [-0.3, -0.25) is 4.79 Å². The van der Waals surface area contributed by atoms with Crippen LogP contribution in [0.25, 0.3) is 5.69 Å². The number of rotatable bonds is 2. The summed E-state index contributed by atoms with van der Waals surface area (Å²) in [6.07, 6.45) is 0. The Bertz CT molecular complexity index is 589. The highest BCUT2D eigenvalue weighted by Crippen LogP contribution is 2.20. The number of aromatic nitrogens is 3. The van der Waals surface area contributed by atoms with Crippen LogP contribution in [0.2, 0.25) is 5.02 Å². The first-order chi connectivity index (χ1) is 8.00. The third kappa shape index (κ3) is 2.08. The molecule has 0 aliphatic carbocycles. The molecular formula is C12H12ClN3O. The number of halogens is 1. The van der Waals surface area contributed by atoms with Gasteiger partial charge >= 0.3 is 0 Å². The van der Waals surface area contributed by atoms with Crippen LogP contribution >= 0.6 is 11.6 Å². The van der Waals surface area contributed by atoms with Crippen molar-refractivity contribution in [2.24, 2.45) is 0 Å². The standard InChI is InChI=1S/C12H12ClN3O/c1-7-6-10(13)4-5-11(7)16-8(2)12(9(3)17)14-15-16/h4-6H,1-3H3. The van der Waals surface area contributed by atoms with Gasteiger partial charge in [-0.05, 0) is 37.6 Å². The first kappa shape index (κ1) is 11.8. The fourth-order valence-electron chi connectivity index (χ4n) is 1.74. The number of hydrogen-bond donors (Lipinski definition) is 0. The predicted molar refractivity (Wildman–Crippen MR) is 65.8 cm³/mol. The monoisotopic (exact) mass is 249 g/mol. The van der Waals surface area contributed by atoms with Gasteiger partial charge in [-0.1, -0.05) is 16.8 Å². The Balaban J connectivity index is 2.57. The highest BCUT2D eigenvalue weighted by atomic mass is 35.5. The van der Waals surface area contributed by atoms with Crippen molar-refractivity contribution in [3.05, 3.63) is 40.2 Å². The summed E-state index contributed by atoms with van der Waals surface area (Å²) in [4.78, 5) is 11.3. The lowest BCUT2D eigenvalue weighted by Crippen LogP contribution is -2.03. The van der Waals surface area contributed by atoms with Crippen molar-refractivity contribution in [1.29, 1.82) is 0 Å². The first-order valence-corrected chi connectivity index (χ1v) is 5.58. The van der Waals surface area contributed by atoms with Gasteiger partial charge in [-0.2, -0.15) is 0 Å². The quantitative estimate of drug-likeness (QED) is 0.769. The van der Waals surface area contributed by atoms with Gasteiger partial charge in [0, 0.05) is 11.9 Å². The molecule has 0 aliphatic rings. The SMILES string of the molecule is CC(=O)c1nnn(-c2ccc(Cl)cc2C)c1C. The Morgan fingerprint density at radius 2 is 2.06 bits per heavy atom. The van der Waals surface area contributed by atoms with E-state index in [1.165, 1.54) is 6.92 Å². The van der Waals surface area contributed by atoms with Gasteiger partial charge in [0.15, 0.2) is 11.5 Å². The molecule has 17 heavy (non-hydrogen) atoms. The normalized spacial score (nSPS) is 10.6. The van der Waals surface area contributed by atoms with Crippen molar-refractivity contribution >= 4 is 17.4 Å². The average molecular weight is 250 g/mol. The maximum atomic E-state index is 11.3. The van der Waals surface area contributed by atoms with Crippen LogP contribution in [0.5, 0.6) is 0 Å². The topological polar surface area (TPSA) is 47.8 Å². The highest BCUT2D eigenvalue weighted by Gasteiger charge is 2.14. The molecule has 1 aromatic carbocycles. The van der Waals surface area contributed by atoms with Gasteiger partial charge in [0.05, 0.1) is 11.4 Å². The second-order valence-corrected chi connectivity index (χ2v) is 4.36. The van der Waals surface area contributed by atoms with Crippen molar-refractivity contribution in [3.63, 3.8) is 0 Å². The Labute approximate surface area is 104 Å². The number of nitrogens with zero attached hydrogens (tertiary/aromatic N) is 3. The van der Waals surface area contributed by atoms with E-state index in [0.717, 1.165) is 16.9 Å². The minimum atomic E-state index is -0.0830. The Morgan fingerprint density at radius 1 is 1.35 bits per heavy atom. The molecular weight excluding hydrogens is 238 g/mol. The molecule has 0 bridgehead atoms. The van der Waals surface area contributed by atoms with Crippen LogP contribution in [-0.4, -0.2) is 20.8 Å². The van der Waals surface area contributed by atoms with E-state index >= 15 is 0 Å². The van der Waals surface area contributed by atoms with Gasteiger partial charge in [0.1, 0.15) is 0 Å². The van der Waals surface area contributed by atoms with E-state index < -0.39 is 0 Å². The van der Waals surface area contributed by atoms with Crippen molar-refractivity contribution in [2.75, 3.05) is 0 Å². The molecule has 2 aromatic rings. The van der Waals surface area contributed by atoms with Gasteiger partial charge in [-0.15, -0.1) is 5.10 Å². The van der Waals surface area contributed by atoms with Crippen LogP contribution in [0, 0.1) is 13.8 Å². The van der Waals surface area contributed by atoms with Crippen LogP contribution in [0.4, 0.5) is 0 Å². The minimum absolute atomic E-state index is 0.0830. The number of carbonyl (C=O) groups excluding carboxylic acids is 1. The summed E-state index contributed by atoms with van der Waals surface area (Å²) in [7, 11) is 0. The van der Waals surface area contributed by atoms with Gasteiger partial charge < -0.3 is 0 Å². The number of aryl methyl sites for hydroxylation is 1. The molecule has 4 nitrogen and oxygen atoms in total. The number of benzene rings is 1. The molecule has 2 rings (SSSR count). The Kier molecular flexibility index (Phi) is 2.98. The molecule has 0 atom stereocenters. The molecule has 1 heterocycles. The van der Waals surface area contributed by atoms with E-state index in [1.807, 2.05) is 26.0 Å². The van der Waals surface area contributed by atoms with E-state index in [-0.39, 0.29) is 5.78 Å². The van der Waals surface area contributed by atoms with Gasteiger partial charge in [0.25, 0.3) is 0 Å². The molecule has 0 aliphatic heterocycles. The largest absolute Gasteiger partial charge is 0.293 e. The van der Waals surface area contributed by atoms with Crippen LogP contribution in [0.1, 0.15) is 28.7 Å². The molecule has 1 aromatic heterocycles. The summed E-state index contributed by atoms with van der Waals surface area (Å²) in [5.74, 6) is -0.0830. The molecule has 5 heteroatoms. The lowest BCUT2D eigenvalue weighted by atomic mass is 10.2. The van der Waals surface area contributed by atoms with Crippen LogP contribution in [0.15, 0.2) is 18.2 Å². The van der Waals surface area contributed by atoms with E-state index in [1.54, 1.807) is 10.7 Å². The number of hydrogen-bond acceptors (Lipinski definition) is 3. The second-order valence-electron chi connectivity index (χ2n) is 3.92. The second kappa shape index (κ2) is 4.30. The summed E-state index contributed by atoms with van der Waals surface area (Å²) in [6.45, 7) is 5.25. The zero-order chi connectivity index (χ0) is 12.6. The summed E-state index contributed by atoms with van der Waals surface area (Å²) in [5.41, 5.74) is 3.01. The average Bonchev–Trinajstić information content (AvgIpc) is 2.60. The van der Waals surface area contributed by atoms with Crippen molar-refractivity contribution in [1.82, 2.24) is 15.0 Å². The molecule has 0 radical (unpaired) electrons. The molecule has 0 N–H and O–H groups in total. The van der Waals surface area contributed by atoms with Gasteiger partial charge in [0.2, 0.25) is 0 Å². The number of Topliss-reactive ketones (excluding diaryl/α,β-unsaturated/α-hetero) is 1.